The molecule has 218 valence electrons. The number of rotatable bonds is 2. The molecule has 0 saturated carbocycles. The van der Waals surface area contributed by atoms with E-state index in [-0.39, 0.29) is 23.5 Å². The van der Waals surface area contributed by atoms with Crippen LogP contribution in [0.2, 0.25) is 0 Å². The van der Waals surface area contributed by atoms with E-state index in [0.29, 0.717) is 43.0 Å². The Morgan fingerprint density at radius 3 is 2.59 bits per heavy atom. The first kappa shape index (κ1) is 30.4. The summed E-state index contributed by atoms with van der Waals surface area (Å²) in [5, 5.41) is 0. The Hall–Kier alpha value is -3.58. The van der Waals surface area contributed by atoms with Gasteiger partial charge in [-0.05, 0) is 61.8 Å². The van der Waals surface area contributed by atoms with Gasteiger partial charge in [0.05, 0.1) is 30.1 Å². The number of nitrogens with zero attached hydrogens (tertiary/aromatic N) is 4. The number of aryl methyl sites for hydroxylation is 1. The second-order valence-corrected chi connectivity index (χ2v) is 12.2. The van der Waals surface area contributed by atoms with Crippen LogP contribution >= 0.6 is 0 Å². The van der Waals surface area contributed by atoms with Gasteiger partial charge in [0.1, 0.15) is 6.61 Å². The van der Waals surface area contributed by atoms with E-state index in [0.717, 1.165) is 53.1 Å². The molecule has 2 unspecified atom stereocenters. The number of hydrogen-bond acceptors (Lipinski definition) is 9. The van der Waals surface area contributed by atoms with Crippen molar-refractivity contribution >= 4 is 39.2 Å². The van der Waals surface area contributed by atoms with Crippen molar-refractivity contribution in [2.24, 2.45) is 21.8 Å². The van der Waals surface area contributed by atoms with Gasteiger partial charge >= 0.3 is 0 Å². The molecule has 0 aromatic carbocycles. The minimum Gasteiger partial charge on any atom is -0.493 e. The van der Waals surface area contributed by atoms with Gasteiger partial charge in [-0.1, -0.05) is 0 Å². The van der Waals surface area contributed by atoms with Crippen LogP contribution in [0.3, 0.4) is 0 Å². The largest absolute Gasteiger partial charge is 0.493 e. The van der Waals surface area contributed by atoms with Gasteiger partial charge in [-0.15, -0.1) is 0 Å². The number of carbonyl (C=O) groups excluding carboxylic acids is 2. The SMILES string of the molecule is CN(C)CC1CCc2cc3c4cncc-4cc2C1=NCC/C1=C/C2C(=O)CC(=O)C3=C2N=CCO1.CS(=O)(=O)O.O. The Labute approximate surface area is 239 Å². The number of fused-ring (bicyclic) bond motifs is 4. The predicted octanol–water partition coefficient (Wildman–Crippen LogP) is 2.04. The Morgan fingerprint density at radius 1 is 1.10 bits per heavy atom. The average Bonchev–Trinajstić information content (AvgIpc) is 3.23. The highest BCUT2D eigenvalue weighted by Crippen LogP contribution is 2.42. The molecule has 41 heavy (non-hydrogen) atoms. The normalized spacial score (nSPS) is 23.0. The molecule has 8 bridgehead atoms. The molecule has 3 N–H and O–H groups in total. The topological polar surface area (TPSA) is 170 Å². The van der Waals surface area contributed by atoms with E-state index in [4.69, 9.17) is 14.3 Å². The molecule has 12 heteroatoms. The number of hydrogen-bond donors (Lipinski definition) is 1. The van der Waals surface area contributed by atoms with Crippen LogP contribution in [0.25, 0.3) is 16.7 Å². The van der Waals surface area contributed by atoms with Crippen molar-refractivity contribution in [2.45, 2.75) is 25.7 Å². The number of Topliss-reactive ketones (excluding diaryl/α,β-unsaturated/α-hetero) is 2. The van der Waals surface area contributed by atoms with Crippen molar-refractivity contribution in [3.8, 4) is 11.1 Å². The molecular weight excluding hydrogens is 548 g/mol. The van der Waals surface area contributed by atoms with Gasteiger partial charge in [0.25, 0.3) is 10.1 Å². The van der Waals surface area contributed by atoms with Gasteiger partial charge in [-0.2, -0.15) is 8.42 Å². The molecule has 3 aliphatic carbocycles. The molecule has 0 aromatic heterocycles. The van der Waals surface area contributed by atoms with E-state index in [2.05, 4.69) is 41.1 Å². The van der Waals surface area contributed by atoms with Crippen molar-refractivity contribution in [1.29, 1.82) is 0 Å². The lowest BCUT2D eigenvalue weighted by Gasteiger charge is -2.28. The maximum absolute atomic E-state index is 13.4. The van der Waals surface area contributed by atoms with Crippen LogP contribution in [0.4, 0.5) is 0 Å². The van der Waals surface area contributed by atoms with Gasteiger partial charge in [0, 0.05) is 66.4 Å². The van der Waals surface area contributed by atoms with Crippen LogP contribution in [0.1, 0.15) is 36.0 Å². The third-order valence-electron chi connectivity index (χ3n) is 7.34. The molecule has 6 rings (SSSR count). The van der Waals surface area contributed by atoms with E-state index in [1.807, 2.05) is 18.5 Å². The summed E-state index contributed by atoms with van der Waals surface area (Å²) in [4.78, 5) is 42.9. The van der Waals surface area contributed by atoms with E-state index in [1.54, 1.807) is 6.21 Å². The van der Waals surface area contributed by atoms with Gasteiger partial charge in [0.2, 0.25) is 0 Å². The first-order valence-corrected chi connectivity index (χ1v) is 15.0. The third kappa shape index (κ3) is 6.67. The number of carbonyl (C=O) groups is 2. The summed E-state index contributed by atoms with van der Waals surface area (Å²) in [5.74, 6) is 0.133. The van der Waals surface area contributed by atoms with E-state index in [9.17, 15) is 18.0 Å². The number of aliphatic imine (C=N–C) groups is 2. The number of allylic oxidation sites excluding steroid dienone is 2. The fourth-order valence-corrected chi connectivity index (χ4v) is 5.79. The van der Waals surface area contributed by atoms with Gasteiger partial charge in [0.15, 0.2) is 11.6 Å². The van der Waals surface area contributed by atoms with Crippen LogP contribution in [0, 0.1) is 11.8 Å². The summed E-state index contributed by atoms with van der Waals surface area (Å²) in [5.41, 5.74) is 7.17. The highest BCUT2D eigenvalue weighted by molar-refractivity contribution is 7.85. The maximum Gasteiger partial charge on any atom is 0.261 e. The van der Waals surface area contributed by atoms with Crippen molar-refractivity contribution in [2.75, 3.05) is 40.0 Å². The molecule has 2 atom stereocenters. The molecule has 0 spiro atoms. The molecular formula is C29H34N4O7S. The lowest BCUT2D eigenvalue weighted by molar-refractivity contribution is -0.126. The molecule has 3 aliphatic heterocycles. The van der Waals surface area contributed by atoms with Crippen LogP contribution in [-0.4, -0.2) is 91.9 Å². The minimum absolute atomic E-state index is 0. The molecule has 0 amide bonds. The first-order valence-electron chi connectivity index (χ1n) is 13.2. The average molecular weight is 583 g/mol. The summed E-state index contributed by atoms with van der Waals surface area (Å²) < 4.78 is 31.8. The first-order chi connectivity index (χ1) is 19.0. The molecule has 0 fully saturated rings. The Balaban J connectivity index is 0.000000596. The lowest BCUT2D eigenvalue weighted by atomic mass is 9.80. The summed E-state index contributed by atoms with van der Waals surface area (Å²) in [6.45, 7) is 1.78. The predicted molar refractivity (Wildman–Crippen MR) is 156 cm³/mol. The van der Waals surface area contributed by atoms with Crippen LogP contribution in [0.5, 0.6) is 0 Å². The summed E-state index contributed by atoms with van der Waals surface area (Å²) in [6.07, 6.45) is 10.3. The second kappa shape index (κ2) is 12.1. The zero-order valence-corrected chi connectivity index (χ0v) is 24.1. The number of ketones is 2. The zero-order chi connectivity index (χ0) is 28.6. The molecule has 0 aromatic rings. The van der Waals surface area contributed by atoms with Gasteiger partial charge < -0.3 is 15.1 Å². The molecule has 6 aliphatic rings. The molecule has 11 nitrogen and oxygen atoms in total. The summed E-state index contributed by atoms with van der Waals surface area (Å²) in [6, 6.07) is 4.33. The monoisotopic (exact) mass is 582 g/mol. The third-order valence-corrected chi connectivity index (χ3v) is 7.34. The smallest absolute Gasteiger partial charge is 0.261 e. The zero-order valence-electron chi connectivity index (χ0n) is 23.3. The van der Waals surface area contributed by atoms with Crippen molar-refractivity contribution in [1.82, 2.24) is 9.88 Å². The fourth-order valence-electron chi connectivity index (χ4n) is 5.79. The van der Waals surface area contributed by atoms with Crippen LogP contribution in [-0.2, 0) is 30.9 Å². The molecule has 0 saturated heterocycles. The molecule has 3 heterocycles. The van der Waals surface area contributed by atoms with Gasteiger partial charge in [-0.3, -0.25) is 29.1 Å². The summed E-state index contributed by atoms with van der Waals surface area (Å²) >= 11 is 0. The molecule has 0 radical (unpaired) electrons. The van der Waals surface area contributed by atoms with Crippen molar-refractivity contribution in [3.63, 3.8) is 0 Å². The Kier molecular flexibility index (Phi) is 8.97. The minimum atomic E-state index is -3.67. The number of aromatic nitrogens is 1. The van der Waals surface area contributed by atoms with E-state index >= 15 is 0 Å². The highest BCUT2D eigenvalue weighted by Gasteiger charge is 2.37. The van der Waals surface area contributed by atoms with E-state index in [1.165, 1.54) is 5.56 Å². The Bertz CT molecular complexity index is 1570. The highest BCUT2D eigenvalue weighted by atomic mass is 32.2. The van der Waals surface area contributed by atoms with Crippen molar-refractivity contribution in [3.05, 3.63) is 58.7 Å². The quantitative estimate of drug-likeness (QED) is 0.414. The Morgan fingerprint density at radius 2 is 1.85 bits per heavy atom. The maximum atomic E-state index is 13.4. The van der Waals surface area contributed by atoms with Crippen LogP contribution in [0.15, 0.2) is 52.0 Å². The van der Waals surface area contributed by atoms with Crippen molar-refractivity contribution < 1.29 is 32.8 Å². The standard InChI is InChI=1S/C28H28N4O3.CH4O3S.H2O/c1-32(2)15-17-4-3-16-9-21-23-14-29-13-18(23)10-20(16)27(17)30-6-5-19-11-22-24(33)12-25(34)26(21)28(22)31-7-8-35-19;1-5(2,3)4;/h7,9-11,13-14,17,22H,3-6,8,12,15H2,1-2H3;1H3,(H,2,3,4);1H2/b19-11-,30-27?,31-7?;;. The summed E-state index contributed by atoms with van der Waals surface area (Å²) in [7, 11) is 0.526. The number of ether oxygens (including phenoxy) is 1. The second-order valence-electron chi connectivity index (χ2n) is 10.7. The van der Waals surface area contributed by atoms with Gasteiger partial charge in [-0.25, -0.2) is 0 Å². The van der Waals surface area contributed by atoms with E-state index < -0.39 is 16.0 Å². The van der Waals surface area contributed by atoms with Crippen LogP contribution < -0.4 is 0 Å². The fraction of sp³-hybridized carbons (Fsp3) is 0.414. The lowest BCUT2D eigenvalue weighted by Crippen LogP contribution is -2.32.